The quantitative estimate of drug-likeness (QED) is 0.0306. The van der Waals surface area contributed by atoms with Crippen LogP contribution in [0.2, 0.25) is 0 Å². The molecular weight excluding hydrogens is 617 g/mol. The van der Waals surface area contributed by atoms with Gasteiger partial charge in [0.05, 0.1) is 0 Å². The molecule has 0 radical (unpaired) electrons. The molecule has 0 heterocycles. The van der Waals surface area contributed by atoms with Crippen molar-refractivity contribution in [1.82, 2.24) is 0 Å². The topological polar surface area (TPSA) is 43.4 Å². The molecule has 41 heavy (non-hydrogen) atoms. The number of hydrogen-bond donors (Lipinski definition) is 0. The Labute approximate surface area is 294 Å². The van der Waals surface area contributed by atoms with E-state index in [2.05, 4.69) is 13.8 Å². The smallest absolute Gasteiger partial charge is 0.316 e. The predicted molar refractivity (Wildman–Crippen MR) is 179 cm³/mol. The summed E-state index contributed by atoms with van der Waals surface area (Å²) in [5, 5.41) is 0. The summed E-state index contributed by atoms with van der Waals surface area (Å²) in [6.07, 6.45) is 40.1. The molecular formula is C36H72CdMgO3. The van der Waals surface area contributed by atoms with Crippen LogP contribution < -0.4 is 0 Å². The number of hydrogen-bond acceptors (Lipinski definition) is 3. The largest absolute Gasteiger partial charge is 0.393 e. The van der Waals surface area contributed by atoms with Gasteiger partial charge in [0.2, 0.25) is 0 Å². The number of unbranched alkanes of at least 4 members (excludes halogenated alkanes) is 28. The van der Waals surface area contributed by atoms with E-state index in [-0.39, 0.29) is 62.3 Å². The van der Waals surface area contributed by atoms with Crippen LogP contribution in [0.5, 0.6) is 0 Å². The van der Waals surface area contributed by atoms with Crippen LogP contribution in [-0.4, -0.2) is 35.0 Å². The van der Waals surface area contributed by atoms with E-state index in [1.54, 1.807) is 0 Å². The summed E-state index contributed by atoms with van der Waals surface area (Å²) in [4.78, 5) is 23.8. The molecule has 3 nitrogen and oxygen atoms in total. The Kier molecular flexibility index (Phi) is 46.1. The third kappa shape index (κ3) is 40.8. The second kappa shape index (κ2) is 40.8. The summed E-state index contributed by atoms with van der Waals surface area (Å²) in [6.45, 7) is 4.55. The van der Waals surface area contributed by atoms with Crippen LogP contribution in [0.1, 0.15) is 219 Å². The van der Waals surface area contributed by atoms with Gasteiger partial charge in [-0.2, -0.15) is 0 Å². The van der Waals surface area contributed by atoms with Crippen LogP contribution in [0.3, 0.4) is 0 Å². The van der Waals surface area contributed by atoms with Gasteiger partial charge in [-0.05, 0) is 12.8 Å². The molecule has 0 aromatic carbocycles. The Morgan fingerprint density at radius 3 is 0.707 bits per heavy atom. The minimum Gasteiger partial charge on any atom is -0.393 e. The zero-order valence-corrected chi connectivity index (χ0v) is 31.6. The summed E-state index contributed by atoms with van der Waals surface area (Å²) < 4.78 is 5.01. The van der Waals surface area contributed by atoms with Gasteiger partial charge >= 0.3 is 35.0 Å². The van der Waals surface area contributed by atoms with Crippen molar-refractivity contribution in [3.05, 3.63) is 0 Å². The average molecular weight is 690 g/mol. The van der Waals surface area contributed by atoms with Crippen LogP contribution >= 0.6 is 0 Å². The molecule has 0 bridgehead atoms. The zero-order valence-electron chi connectivity index (χ0n) is 27.6. The molecule has 0 amide bonds. The van der Waals surface area contributed by atoms with Gasteiger partial charge in [0, 0.05) is 40.1 Å². The van der Waals surface area contributed by atoms with Crippen molar-refractivity contribution in [2.24, 2.45) is 0 Å². The number of ether oxygens (including phenoxy) is 1. The first kappa shape index (κ1) is 46.2. The third-order valence-electron chi connectivity index (χ3n) is 8.20. The van der Waals surface area contributed by atoms with Crippen molar-refractivity contribution >= 4 is 35.0 Å². The normalized spacial score (nSPS) is 10.7. The van der Waals surface area contributed by atoms with Crippen LogP contribution in [0.25, 0.3) is 0 Å². The molecule has 0 fully saturated rings. The Morgan fingerprint density at radius 1 is 0.341 bits per heavy atom. The Morgan fingerprint density at radius 2 is 0.512 bits per heavy atom. The first-order valence-electron chi connectivity index (χ1n) is 17.9. The van der Waals surface area contributed by atoms with Crippen molar-refractivity contribution in [3.8, 4) is 0 Å². The van der Waals surface area contributed by atoms with Crippen molar-refractivity contribution in [3.63, 3.8) is 0 Å². The number of carbonyl (C=O) groups excluding carboxylic acids is 2. The van der Waals surface area contributed by atoms with Gasteiger partial charge in [-0.25, -0.2) is 0 Å². The molecule has 0 aliphatic heterocycles. The number of rotatable bonds is 32. The molecule has 0 unspecified atom stereocenters. The SMILES string of the molecule is CCCCCCCCCCCCCCCCCC(=O)OC(=O)CCCCCCCCCCCCCCCCC.[Cd].[MgH2]. The van der Waals surface area contributed by atoms with Gasteiger partial charge in [0.1, 0.15) is 0 Å². The van der Waals surface area contributed by atoms with E-state index >= 15 is 0 Å². The van der Waals surface area contributed by atoms with E-state index in [0.717, 1.165) is 25.7 Å². The van der Waals surface area contributed by atoms with E-state index in [9.17, 15) is 9.59 Å². The van der Waals surface area contributed by atoms with Gasteiger partial charge in [-0.1, -0.05) is 194 Å². The summed E-state index contributed by atoms with van der Waals surface area (Å²) in [5.41, 5.74) is 0. The molecule has 0 spiro atoms. The summed E-state index contributed by atoms with van der Waals surface area (Å²) in [5.74, 6) is -0.647. The average Bonchev–Trinajstić information content (AvgIpc) is 2.93. The Balaban J connectivity index is -0.00000722. The molecule has 0 saturated heterocycles. The van der Waals surface area contributed by atoms with Gasteiger partial charge in [-0.15, -0.1) is 0 Å². The third-order valence-corrected chi connectivity index (χ3v) is 8.20. The van der Waals surface area contributed by atoms with Crippen molar-refractivity contribution in [1.29, 1.82) is 0 Å². The van der Waals surface area contributed by atoms with Crippen LogP contribution in [0.15, 0.2) is 0 Å². The summed E-state index contributed by atoms with van der Waals surface area (Å²) in [7, 11) is 0. The van der Waals surface area contributed by atoms with E-state index in [4.69, 9.17) is 4.74 Å². The molecule has 0 N–H and O–H groups in total. The van der Waals surface area contributed by atoms with E-state index in [1.165, 1.54) is 167 Å². The van der Waals surface area contributed by atoms with E-state index in [1.807, 2.05) is 0 Å². The number of esters is 2. The fraction of sp³-hybridized carbons (Fsp3) is 0.944. The fourth-order valence-electron chi connectivity index (χ4n) is 5.51. The second-order valence-electron chi connectivity index (χ2n) is 12.2. The van der Waals surface area contributed by atoms with Crippen molar-refractivity contribution in [2.45, 2.75) is 219 Å². The first-order valence-corrected chi connectivity index (χ1v) is 17.9. The zero-order chi connectivity index (χ0) is 28.5. The van der Waals surface area contributed by atoms with E-state index in [0.29, 0.717) is 12.8 Å². The molecule has 0 aliphatic carbocycles. The van der Waals surface area contributed by atoms with E-state index < -0.39 is 0 Å². The molecule has 0 aliphatic rings. The standard InChI is InChI=1S/C36H70O3.Cd.Mg.2H/c1-3-5-7-9-11-13-15-17-19-21-23-25-27-29-31-33-35(37)39-36(38)34-32-30-28-26-24-22-20-18-16-14-12-10-8-6-4-2;;;;/h3-34H2,1-2H3;;;;. The van der Waals surface area contributed by atoms with Crippen LogP contribution in [-0.2, 0) is 41.6 Å². The minimum absolute atomic E-state index is 0. The molecule has 0 aromatic rings. The van der Waals surface area contributed by atoms with Gasteiger partial charge in [0.25, 0.3) is 0 Å². The van der Waals surface area contributed by atoms with Gasteiger partial charge in [-0.3, -0.25) is 9.59 Å². The maximum atomic E-state index is 11.9. The predicted octanol–water partition coefficient (Wildman–Crippen LogP) is 11.7. The Hall–Kier alpha value is 0.828. The van der Waals surface area contributed by atoms with Crippen LogP contribution in [0, 0.1) is 0 Å². The number of carbonyl (C=O) groups is 2. The van der Waals surface area contributed by atoms with Crippen molar-refractivity contribution in [2.75, 3.05) is 0 Å². The minimum atomic E-state index is -0.323. The Bertz CT molecular complexity index is 471. The van der Waals surface area contributed by atoms with Crippen LogP contribution in [0.4, 0.5) is 0 Å². The molecule has 0 saturated carbocycles. The van der Waals surface area contributed by atoms with Gasteiger partial charge < -0.3 is 4.74 Å². The molecule has 5 heteroatoms. The molecule has 0 atom stereocenters. The first-order chi connectivity index (χ1) is 19.2. The van der Waals surface area contributed by atoms with Gasteiger partial charge in [0.15, 0.2) is 0 Å². The molecule has 238 valence electrons. The molecule has 0 aromatic heterocycles. The maximum absolute atomic E-state index is 11.9. The molecule has 0 rings (SSSR count). The second-order valence-corrected chi connectivity index (χ2v) is 12.2. The van der Waals surface area contributed by atoms with Crippen molar-refractivity contribution < 1.29 is 41.6 Å². The monoisotopic (exact) mass is 690 g/mol. The fourth-order valence-corrected chi connectivity index (χ4v) is 5.51. The summed E-state index contributed by atoms with van der Waals surface area (Å²) >= 11 is 0. The maximum Gasteiger partial charge on any atom is 0.316 e. The summed E-state index contributed by atoms with van der Waals surface area (Å²) in [6, 6.07) is 0.